The van der Waals surface area contributed by atoms with Crippen LogP contribution >= 0.6 is 0 Å². The second kappa shape index (κ2) is 5.69. The molecule has 5 nitrogen and oxygen atoms in total. The van der Waals surface area contributed by atoms with Gasteiger partial charge in [-0.1, -0.05) is 18.2 Å². The largest absolute Gasteiger partial charge is 0.478 e. The van der Waals surface area contributed by atoms with Gasteiger partial charge in [0.1, 0.15) is 11.4 Å². The number of aromatic nitrogens is 1. The lowest BCUT2D eigenvalue weighted by molar-refractivity contribution is 0.0697. The highest BCUT2D eigenvalue weighted by molar-refractivity contribution is 5.98. The molecule has 0 spiro atoms. The fraction of sp³-hybridized carbons (Fsp3) is 0.375. The lowest BCUT2D eigenvalue weighted by atomic mass is 10.1. The first kappa shape index (κ1) is 13.8. The Bertz CT molecular complexity index is 672. The third-order valence-corrected chi connectivity index (χ3v) is 3.92. The monoisotopic (exact) mass is 285 g/mol. The van der Waals surface area contributed by atoms with Gasteiger partial charge in [0.25, 0.3) is 0 Å². The predicted molar refractivity (Wildman–Crippen MR) is 82.8 cm³/mol. The highest BCUT2D eigenvalue weighted by Crippen LogP contribution is 2.22. The molecular formula is C16H19N3O2. The van der Waals surface area contributed by atoms with E-state index in [0.29, 0.717) is 5.82 Å². The summed E-state index contributed by atoms with van der Waals surface area (Å²) < 4.78 is 0. The summed E-state index contributed by atoms with van der Waals surface area (Å²) in [4.78, 5) is 18.2. The lowest BCUT2D eigenvalue weighted by Gasteiger charge is -2.30. The maximum absolute atomic E-state index is 11.5. The quantitative estimate of drug-likeness (QED) is 0.906. The van der Waals surface area contributed by atoms with Crippen LogP contribution in [-0.4, -0.2) is 47.1 Å². The molecule has 1 unspecified atom stereocenters. The minimum Gasteiger partial charge on any atom is -0.478 e. The first-order valence-electron chi connectivity index (χ1n) is 7.21. The summed E-state index contributed by atoms with van der Waals surface area (Å²) in [5.41, 5.74) is 1.05. The fourth-order valence-electron chi connectivity index (χ4n) is 2.87. The number of aromatic carboxylic acids is 1. The van der Waals surface area contributed by atoms with Gasteiger partial charge in [0.05, 0.1) is 5.52 Å². The standard InChI is InChI=1S/C16H19N3O2/c1-19-8-4-6-12(10-19)17-15-13(16(20)21)9-11-5-2-3-7-14(11)18-15/h2-3,5,7,9,12H,4,6,8,10H2,1H3,(H,17,18)(H,20,21). The molecule has 2 N–H and O–H groups in total. The molecule has 1 aliphatic heterocycles. The highest BCUT2D eigenvalue weighted by Gasteiger charge is 2.20. The molecule has 0 saturated carbocycles. The number of piperidine rings is 1. The molecule has 0 radical (unpaired) electrons. The Morgan fingerprint density at radius 3 is 3.00 bits per heavy atom. The number of likely N-dealkylation sites (tertiary alicyclic amines) is 1. The van der Waals surface area contributed by atoms with Gasteiger partial charge in [-0.2, -0.15) is 0 Å². The Morgan fingerprint density at radius 1 is 1.43 bits per heavy atom. The molecule has 21 heavy (non-hydrogen) atoms. The van der Waals surface area contributed by atoms with Crippen molar-refractivity contribution in [2.24, 2.45) is 0 Å². The zero-order valence-electron chi connectivity index (χ0n) is 12.0. The Balaban J connectivity index is 1.95. The maximum Gasteiger partial charge on any atom is 0.339 e. The van der Waals surface area contributed by atoms with E-state index < -0.39 is 5.97 Å². The van der Waals surface area contributed by atoms with Crippen LogP contribution in [0, 0.1) is 0 Å². The van der Waals surface area contributed by atoms with Crippen molar-refractivity contribution >= 4 is 22.7 Å². The molecule has 5 heteroatoms. The van der Waals surface area contributed by atoms with Crippen molar-refractivity contribution in [3.8, 4) is 0 Å². The highest BCUT2D eigenvalue weighted by atomic mass is 16.4. The number of carbonyl (C=O) groups is 1. The van der Waals surface area contributed by atoms with E-state index in [1.165, 1.54) is 0 Å². The van der Waals surface area contributed by atoms with Crippen molar-refractivity contribution in [2.45, 2.75) is 18.9 Å². The van der Waals surface area contributed by atoms with Crippen molar-refractivity contribution in [3.63, 3.8) is 0 Å². The third-order valence-electron chi connectivity index (χ3n) is 3.92. The first-order valence-corrected chi connectivity index (χ1v) is 7.21. The van der Waals surface area contributed by atoms with E-state index in [2.05, 4.69) is 22.2 Å². The number of pyridine rings is 1. The van der Waals surface area contributed by atoms with Crippen molar-refractivity contribution in [2.75, 3.05) is 25.5 Å². The Labute approximate surface area is 123 Å². The predicted octanol–water partition coefficient (Wildman–Crippen LogP) is 2.44. The summed E-state index contributed by atoms with van der Waals surface area (Å²) in [7, 11) is 2.08. The van der Waals surface area contributed by atoms with Crippen molar-refractivity contribution < 1.29 is 9.90 Å². The molecule has 0 aliphatic carbocycles. The van der Waals surface area contributed by atoms with E-state index in [1.54, 1.807) is 6.07 Å². The van der Waals surface area contributed by atoms with Gasteiger partial charge >= 0.3 is 5.97 Å². The van der Waals surface area contributed by atoms with Gasteiger partial charge < -0.3 is 15.3 Å². The molecule has 2 aromatic rings. The molecule has 2 heterocycles. The van der Waals surface area contributed by atoms with Gasteiger partial charge in [-0.25, -0.2) is 9.78 Å². The van der Waals surface area contributed by atoms with Crippen LogP contribution < -0.4 is 5.32 Å². The number of benzene rings is 1. The molecule has 1 atom stereocenters. The summed E-state index contributed by atoms with van der Waals surface area (Å²) in [5.74, 6) is -0.471. The van der Waals surface area contributed by atoms with Crippen LogP contribution in [0.2, 0.25) is 0 Å². The van der Waals surface area contributed by atoms with E-state index in [9.17, 15) is 9.90 Å². The van der Waals surface area contributed by atoms with Crippen LogP contribution in [-0.2, 0) is 0 Å². The second-order valence-corrected chi connectivity index (χ2v) is 5.63. The van der Waals surface area contributed by atoms with Crippen molar-refractivity contribution in [3.05, 3.63) is 35.9 Å². The fourth-order valence-corrected chi connectivity index (χ4v) is 2.87. The van der Waals surface area contributed by atoms with Gasteiger partial charge in [-0.3, -0.25) is 0 Å². The normalized spacial score (nSPS) is 19.6. The number of hydrogen-bond acceptors (Lipinski definition) is 4. The number of likely N-dealkylation sites (N-methyl/N-ethyl adjacent to an activating group) is 1. The summed E-state index contributed by atoms with van der Waals surface area (Å²) in [6.45, 7) is 2.00. The maximum atomic E-state index is 11.5. The number of nitrogens with one attached hydrogen (secondary N) is 1. The molecule has 3 rings (SSSR count). The van der Waals surface area contributed by atoms with Crippen LogP contribution in [0.5, 0.6) is 0 Å². The lowest BCUT2D eigenvalue weighted by Crippen LogP contribution is -2.40. The summed E-state index contributed by atoms with van der Waals surface area (Å²) in [6, 6.07) is 9.52. The van der Waals surface area contributed by atoms with E-state index in [-0.39, 0.29) is 11.6 Å². The SMILES string of the molecule is CN1CCCC(Nc2nc3ccccc3cc2C(=O)O)C1. The molecule has 1 aromatic carbocycles. The first-order chi connectivity index (χ1) is 10.1. The van der Waals surface area contributed by atoms with E-state index in [1.807, 2.05) is 24.3 Å². The molecule has 1 saturated heterocycles. The van der Waals surface area contributed by atoms with Crippen molar-refractivity contribution in [1.82, 2.24) is 9.88 Å². The van der Waals surface area contributed by atoms with Gasteiger partial charge in [-0.15, -0.1) is 0 Å². The number of carboxylic acid groups (broad SMARTS) is 1. The molecule has 1 fully saturated rings. The van der Waals surface area contributed by atoms with E-state index in [4.69, 9.17) is 0 Å². The Morgan fingerprint density at radius 2 is 2.24 bits per heavy atom. The second-order valence-electron chi connectivity index (χ2n) is 5.63. The third kappa shape index (κ3) is 2.97. The van der Waals surface area contributed by atoms with Crippen molar-refractivity contribution in [1.29, 1.82) is 0 Å². The zero-order valence-corrected chi connectivity index (χ0v) is 12.0. The smallest absolute Gasteiger partial charge is 0.339 e. The van der Waals surface area contributed by atoms with Crippen LogP contribution in [0.15, 0.2) is 30.3 Å². The van der Waals surface area contributed by atoms with Crippen LogP contribution in [0.1, 0.15) is 23.2 Å². The van der Waals surface area contributed by atoms with Gasteiger partial charge in [0, 0.05) is 18.0 Å². The minimum absolute atomic E-state index is 0.238. The van der Waals surface area contributed by atoms with E-state index >= 15 is 0 Å². The number of fused-ring (bicyclic) bond motifs is 1. The van der Waals surface area contributed by atoms with Crippen LogP contribution in [0.25, 0.3) is 10.9 Å². The van der Waals surface area contributed by atoms with Gasteiger partial charge in [0.15, 0.2) is 0 Å². The topological polar surface area (TPSA) is 65.5 Å². The molecule has 1 aliphatic rings. The number of rotatable bonds is 3. The number of para-hydroxylation sites is 1. The molecule has 110 valence electrons. The number of anilines is 1. The molecular weight excluding hydrogens is 266 g/mol. The molecule has 0 amide bonds. The Hall–Kier alpha value is -2.14. The van der Waals surface area contributed by atoms with E-state index in [0.717, 1.165) is 36.8 Å². The number of carboxylic acids is 1. The van der Waals surface area contributed by atoms with Crippen LogP contribution in [0.4, 0.5) is 5.82 Å². The number of nitrogens with zero attached hydrogens (tertiary/aromatic N) is 2. The summed E-state index contributed by atoms with van der Waals surface area (Å²) in [6.07, 6.45) is 2.15. The molecule has 1 aromatic heterocycles. The van der Waals surface area contributed by atoms with Gasteiger partial charge in [0.2, 0.25) is 0 Å². The average Bonchev–Trinajstić information content (AvgIpc) is 2.46. The number of hydrogen-bond donors (Lipinski definition) is 2. The average molecular weight is 285 g/mol. The zero-order chi connectivity index (χ0) is 14.8. The summed E-state index contributed by atoms with van der Waals surface area (Å²) >= 11 is 0. The minimum atomic E-state index is -0.945. The van der Waals surface area contributed by atoms with Crippen LogP contribution in [0.3, 0.4) is 0 Å². The Kier molecular flexibility index (Phi) is 3.75. The van der Waals surface area contributed by atoms with Gasteiger partial charge in [-0.05, 0) is 38.6 Å². The molecule has 0 bridgehead atoms. The summed E-state index contributed by atoms with van der Waals surface area (Å²) in [5, 5.41) is 13.6.